The maximum absolute atomic E-state index is 12.0. The monoisotopic (exact) mass is 780 g/mol. The summed E-state index contributed by atoms with van der Waals surface area (Å²) < 4.78 is 120. The molecule has 18 heteroatoms. The molecule has 0 aliphatic heterocycles. The molecule has 4 saturated carbocycles. The van der Waals surface area contributed by atoms with Crippen LogP contribution in [0.3, 0.4) is 0 Å². The molecule has 11 atom stereocenters. The molecule has 12 nitrogen and oxygen atoms in total. The summed E-state index contributed by atoms with van der Waals surface area (Å²) in [5, 5.41) is 0. The summed E-state index contributed by atoms with van der Waals surface area (Å²) >= 11 is 0. The minimum Gasteiger partial charge on any atom is -0.726 e. The molecule has 268 valence electrons. The van der Waals surface area contributed by atoms with E-state index in [4.69, 9.17) is 8.37 Å². The minimum atomic E-state index is -5.35. The molecule has 0 amide bonds. The molecule has 4 aliphatic rings. The smallest absolute Gasteiger partial charge is 0.726 e. The Morgan fingerprint density at radius 1 is 0.755 bits per heavy atom. The predicted octanol–water partition coefficient (Wildman–Crippen LogP) is -3.93. The van der Waals surface area contributed by atoms with Crippen molar-refractivity contribution in [2.45, 2.75) is 125 Å². The third kappa shape index (κ3) is 11.2. The Morgan fingerprint density at radius 2 is 1.24 bits per heavy atom. The van der Waals surface area contributed by atoms with E-state index in [9.17, 15) is 38.9 Å². The number of fused-ring (bicyclic) bond motifs is 5. The molecule has 0 N–H and O–H groups in total. The summed E-state index contributed by atoms with van der Waals surface area (Å²) in [5.41, 5.74) is 0.474. The third-order valence-electron chi connectivity index (χ3n) is 13.4. The normalized spacial score (nSPS) is 37.4. The van der Waals surface area contributed by atoms with Crippen LogP contribution in [0, 0.1) is 57.7 Å². The molecule has 0 radical (unpaired) electrons. The molecule has 4 aliphatic carbocycles. The molecule has 49 heavy (non-hydrogen) atoms. The van der Waals surface area contributed by atoms with E-state index >= 15 is 0 Å². The first kappa shape index (κ1) is 49.4. The first-order chi connectivity index (χ1) is 20.8. The van der Waals surface area contributed by atoms with Gasteiger partial charge in [0.1, 0.15) is 12.2 Å². The van der Waals surface area contributed by atoms with E-state index in [2.05, 4.69) is 58.7 Å². The molecule has 0 heterocycles. The van der Waals surface area contributed by atoms with Crippen molar-refractivity contribution in [3.05, 3.63) is 11.6 Å². The van der Waals surface area contributed by atoms with Crippen molar-refractivity contribution >= 4 is 31.2 Å². The van der Waals surface area contributed by atoms with Gasteiger partial charge in [-0.15, -0.1) is 0 Å². The fourth-order valence-corrected chi connectivity index (χ4v) is 11.8. The first-order valence-electron chi connectivity index (χ1n) is 16.4. The number of allylic oxidation sites excluding steroid dienone is 2. The topological polar surface area (TPSA) is 199 Å². The zero-order valence-corrected chi connectivity index (χ0v) is 39.6. The molecule has 0 aromatic heterocycles. The van der Waals surface area contributed by atoms with Crippen LogP contribution in [0.5, 0.6) is 0 Å². The van der Waals surface area contributed by atoms with Gasteiger partial charge in [0.2, 0.25) is 31.2 Å². The summed E-state index contributed by atoms with van der Waals surface area (Å²) in [6, 6.07) is 0. The maximum Gasteiger partial charge on any atom is 1.00 e. The summed E-state index contributed by atoms with van der Waals surface area (Å²) in [6.07, 6.45) is 2.08. The van der Waals surface area contributed by atoms with Crippen molar-refractivity contribution in [3.8, 4) is 0 Å². The Balaban J connectivity index is 0.00000400. The minimum absolute atomic E-state index is 0. The van der Waals surface area contributed by atoms with E-state index in [1.54, 1.807) is 0 Å². The van der Waals surface area contributed by atoms with Crippen molar-refractivity contribution in [2.75, 3.05) is 0 Å². The fraction of sp³-hybridized carbons (Fsp3) is 0.935. The molecule has 0 aromatic rings. The molecule has 8 unspecified atom stereocenters. The second-order valence-corrected chi connectivity index (χ2v) is 19.0. The molecule has 4 rings (SSSR count). The molecular weight excluding hydrogens is 729 g/mol. The average molecular weight is 781 g/mol. The van der Waals surface area contributed by atoms with Gasteiger partial charge in [-0.25, -0.2) is 25.3 Å². The van der Waals surface area contributed by atoms with E-state index in [-0.39, 0.29) is 137 Å². The number of rotatable bonds is 11. The van der Waals surface area contributed by atoms with Gasteiger partial charge in [-0.05, 0) is 116 Å². The van der Waals surface area contributed by atoms with Crippen molar-refractivity contribution in [1.29, 1.82) is 0 Å². The van der Waals surface area contributed by atoms with Gasteiger partial charge in [0.25, 0.3) is 0 Å². The van der Waals surface area contributed by atoms with E-state index in [1.165, 1.54) is 5.57 Å². The molecular formula is C31H51Na3O12S3. The standard InChI is InChI=1S/C31H54O12S3.3Na/c1-18(2)29(5,6)20(4)10-9-19(3)22-11-12-23-21-15-26(41-44(32,33)34)25-16-27(42-45(35,36)37)28(43-46(38,39)40)17-31(25,8)24(21)13-14-30(22,23)7;;;/h10,18-19,21-28H,9,11-17H2,1-8H3,(H,32,33,34)(H,35,36,37)(H,38,39,40);;;/q;3*+1/p-3/b20-10+;;;/t19?,21?,22?,23?,24?,25-,26+,27+,28?,30?,31?;;;/m1.../s1. The van der Waals surface area contributed by atoms with Crippen molar-refractivity contribution in [3.63, 3.8) is 0 Å². The van der Waals surface area contributed by atoms with Crippen LogP contribution in [-0.2, 0) is 43.7 Å². The third-order valence-corrected chi connectivity index (χ3v) is 14.8. The van der Waals surface area contributed by atoms with Crippen molar-refractivity contribution in [1.82, 2.24) is 0 Å². The van der Waals surface area contributed by atoms with Crippen LogP contribution in [0.2, 0.25) is 0 Å². The average Bonchev–Trinajstić information content (AvgIpc) is 3.22. The SMILES string of the molecule is C/C(=C\CC(C)C1CCC2C3C[C@H](OS(=O)(=O)[O-])[C@H]4C[C@H](OS(=O)(=O)[O-])C(OS(=O)(=O)[O-])CC4(C)C3CCC12C)C(C)(C)C(C)C.[Na+].[Na+].[Na+]. The Morgan fingerprint density at radius 3 is 1.76 bits per heavy atom. The van der Waals surface area contributed by atoms with Crippen molar-refractivity contribution in [2.24, 2.45) is 57.7 Å². The van der Waals surface area contributed by atoms with Crippen LogP contribution in [0.4, 0.5) is 0 Å². The second-order valence-electron chi connectivity index (χ2n) is 16.0. The Labute approximate surface area is 361 Å². The summed E-state index contributed by atoms with van der Waals surface area (Å²) in [6.45, 7) is 17.6. The Hall–Kier alpha value is 2.35. The predicted molar refractivity (Wildman–Crippen MR) is 166 cm³/mol. The maximum atomic E-state index is 12.0. The zero-order valence-electron chi connectivity index (χ0n) is 31.1. The van der Waals surface area contributed by atoms with Gasteiger partial charge in [0.05, 0.1) is 6.10 Å². The van der Waals surface area contributed by atoms with Gasteiger partial charge < -0.3 is 13.7 Å². The quantitative estimate of drug-likeness (QED) is 0.0856. The van der Waals surface area contributed by atoms with E-state index in [0.29, 0.717) is 17.8 Å². The number of hydrogen-bond donors (Lipinski definition) is 0. The molecule has 4 fully saturated rings. The van der Waals surface area contributed by atoms with Crippen LogP contribution in [0.1, 0.15) is 107 Å². The van der Waals surface area contributed by atoms with Crippen LogP contribution in [0.25, 0.3) is 0 Å². The summed E-state index contributed by atoms with van der Waals surface area (Å²) in [4.78, 5) is 0. The van der Waals surface area contributed by atoms with Crippen LogP contribution in [0.15, 0.2) is 11.6 Å². The molecule has 0 bridgehead atoms. The second kappa shape index (κ2) is 17.7. The van der Waals surface area contributed by atoms with Crippen LogP contribution in [-0.4, -0.2) is 57.2 Å². The summed E-state index contributed by atoms with van der Waals surface area (Å²) in [5.74, 6) is 0.531. The van der Waals surface area contributed by atoms with Gasteiger partial charge in [-0.2, -0.15) is 0 Å². The van der Waals surface area contributed by atoms with Gasteiger partial charge in [-0.1, -0.05) is 60.1 Å². The molecule has 0 aromatic carbocycles. The first-order valence-corrected chi connectivity index (χ1v) is 20.4. The van der Waals surface area contributed by atoms with Gasteiger partial charge in [-0.3, -0.25) is 12.5 Å². The molecule has 0 saturated heterocycles. The Bertz CT molecular complexity index is 1500. The fourth-order valence-electron chi connectivity index (χ4n) is 10.2. The van der Waals surface area contributed by atoms with Crippen molar-refractivity contribution < 1.29 is 140 Å². The van der Waals surface area contributed by atoms with Crippen LogP contribution < -0.4 is 88.7 Å². The van der Waals surface area contributed by atoms with Gasteiger partial charge >= 0.3 is 88.7 Å². The van der Waals surface area contributed by atoms with E-state index in [0.717, 1.165) is 32.1 Å². The largest absolute Gasteiger partial charge is 1.00 e. The molecule has 0 spiro atoms. The summed E-state index contributed by atoms with van der Waals surface area (Å²) in [7, 11) is -15.9. The number of hydrogen-bond acceptors (Lipinski definition) is 12. The Kier molecular flexibility index (Phi) is 17.8. The van der Waals surface area contributed by atoms with Gasteiger partial charge in [0, 0.05) is 0 Å². The van der Waals surface area contributed by atoms with Crippen LogP contribution >= 0.6 is 0 Å². The van der Waals surface area contributed by atoms with E-state index < -0.39 is 60.8 Å². The van der Waals surface area contributed by atoms with Gasteiger partial charge in [0.15, 0.2) is 0 Å². The zero-order chi connectivity index (χ0) is 34.8. The van der Waals surface area contributed by atoms with E-state index in [1.807, 2.05) is 6.92 Å².